The number of amides is 1. The van der Waals surface area contributed by atoms with Gasteiger partial charge in [0.25, 0.3) is 0 Å². The summed E-state index contributed by atoms with van der Waals surface area (Å²) in [6, 6.07) is 11.1. The zero-order valence-corrected chi connectivity index (χ0v) is 14.5. The van der Waals surface area contributed by atoms with Gasteiger partial charge in [-0.3, -0.25) is 4.79 Å². The highest BCUT2D eigenvalue weighted by Gasteiger charge is 2.29. The second-order valence-electron chi connectivity index (χ2n) is 6.31. The van der Waals surface area contributed by atoms with E-state index in [-0.39, 0.29) is 5.91 Å². The highest BCUT2D eigenvalue weighted by molar-refractivity contribution is 5.88. The molecule has 1 aromatic carbocycles. The Kier molecular flexibility index (Phi) is 4.39. The van der Waals surface area contributed by atoms with E-state index in [1.165, 1.54) is 6.92 Å². The molecule has 1 fully saturated rings. The molecule has 2 heterocycles. The van der Waals surface area contributed by atoms with Crippen molar-refractivity contribution in [2.24, 2.45) is 0 Å². The van der Waals surface area contributed by atoms with Crippen LogP contribution in [0.5, 0.6) is 5.75 Å². The van der Waals surface area contributed by atoms with Crippen LogP contribution in [-0.2, 0) is 4.79 Å². The molecule has 0 radical (unpaired) electrons. The van der Waals surface area contributed by atoms with E-state index in [2.05, 4.69) is 25.9 Å². The van der Waals surface area contributed by atoms with Gasteiger partial charge in [-0.05, 0) is 37.1 Å². The summed E-state index contributed by atoms with van der Waals surface area (Å²) in [5.41, 5.74) is 1.48. The van der Waals surface area contributed by atoms with E-state index >= 15 is 0 Å². The minimum atomic E-state index is -0.107. The maximum atomic E-state index is 11.1. The van der Waals surface area contributed by atoms with E-state index in [9.17, 15) is 4.79 Å². The number of ether oxygens (including phenoxy) is 1. The largest absolute Gasteiger partial charge is 0.492 e. The van der Waals surface area contributed by atoms with Crippen LogP contribution in [0.2, 0.25) is 0 Å². The van der Waals surface area contributed by atoms with Crippen LogP contribution in [0.3, 0.4) is 0 Å². The van der Waals surface area contributed by atoms with Crippen molar-refractivity contribution in [1.29, 1.82) is 0 Å². The number of hydrogen-bond donors (Lipinski definition) is 2. The predicted octanol–water partition coefficient (Wildman–Crippen LogP) is 2.45. The van der Waals surface area contributed by atoms with Crippen LogP contribution in [0.25, 0.3) is 5.65 Å². The van der Waals surface area contributed by atoms with Gasteiger partial charge in [0.2, 0.25) is 5.91 Å². The fraction of sp³-hybridized carbons (Fsp3) is 0.333. The Morgan fingerprint density at radius 1 is 1.27 bits per heavy atom. The number of fused-ring (bicyclic) bond motifs is 1. The average molecular weight is 352 g/mol. The quantitative estimate of drug-likeness (QED) is 0.635. The lowest BCUT2D eigenvalue weighted by Gasteiger charge is -2.10. The summed E-state index contributed by atoms with van der Waals surface area (Å²) in [4.78, 5) is 11.1. The van der Waals surface area contributed by atoms with E-state index < -0.39 is 0 Å². The van der Waals surface area contributed by atoms with E-state index in [1.54, 1.807) is 6.07 Å². The number of rotatable bonds is 7. The predicted molar refractivity (Wildman–Crippen MR) is 97.5 cm³/mol. The Bertz CT molecular complexity index is 934. The van der Waals surface area contributed by atoms with Gasteiger partial charge in [0, 0.05) is 24.6 Å². The van der Waals surface area contributed by atoms with Gasteiger partial charge in [-0.25, -0.2) is 0 Å². The molecule has 134 valence electrons. The molecule has 0 aliphatic heterocycles. The molecule has 1 aliphatic rings. The number of nitrogens with zero attached hydrogens (tertiary/aromatic N) is 4. The summed E-state index contributed by atoms with van der Waals surface area (Å²) in [5, 5.41) is 18.9. The van der Waals surface area contributed by atoms with Gasteiger partial charge in [-0.15, -0.1) is 15.3 Å². The third-order valence-electron chi connectivity index (χ3n) is 4.06. The number of anilines is 2. The fourth-order valence-corrected chi connectivity index (χ4v) is 2.71. The minimum Gasteiger partial charge on any atom is -0.492 e. The van der Waals surface area contributed by atoms with Crippen molar-refractivity contribution in [3.8, 4) is 5.75 Å². The summed E-state index contributed by atoms with van der Waals surface area (Å²) < 4.78 is 7.54. The number of hydrogen-bond acceptors (Lipinski definition) is 6. The molecule has 3 aromatic rings. The van der Waals surface area contributed by atoms with Gasteiger partial charge in [-0.1, -0.05) is 6.07 Å². The van der Waals surface area contributed by atoms with Gasteiger partial charge < -0.3 is 15.4 Å². The summed E-state index contributed by atoms with van der Waals surface area (Å²) in [6.07, 6.45) is 2.32. The molecule has 1 saturated carbocycles. The Balaban J connectivity index is 1.33. The molecule has 1 amide bonds. The molecular formula is C18H20N6O2. The van der Waals surface area contributed by atoms with Crippen molar-refractivity contribution in [3.05, 3.63) is 42.2 Å². The number of nitrogens with one attached hydrogen (secondary N) is 2. The normalized spacial score (nSPS) is 13.6. The lowest BCUT2D eigenvalue weighted by Crippen LogP contribution is -2.13. The maximum absolute atomic E-state index is 11.1. The molecule has 1 aliphatic carbocycles. The number of carbonyl (C=O) groups is 1. The van der Waals surface area contributed by atoms with Crippen LogP contribution in [0.15, 0.2) is 36.4 Å². The summed E-state index contributed by atoms with van der Waals surface area (Å²) >= 11 is 0. The summed E-state index contributed by atoms with van der Waals surface area (Å²) in [6.45, 7) is 2.55. The number of carbonyl (C=O) groups excluding carboxylic acids is 1. The first kappa shape index (κ1) is 16.3. The molecule has 0 unspecified atom stereocenters. The highest BCUT2D eigenvalue weighted by Crippen LogP contribution is 2.38. The van der Waals surface area contributed by atoms with Crippen molar-refractivity contribution in [3.63, 3.8) is 0 Å². The molecule has 0 bridgehead atoms. The number of aromatic nitrogens is 4. The zero-order valence-electron chi connectivity index (χ0n) is 14.5. The zero-order chi connectivity index (χ0) is 17.9. The lowest BCUT2D eigenvalue weighted by molar-refractivity contribution is -0.114. The smallest absolute Gasteiger partial charge is 0.221 e. The third kappa shape index (κ3) is 3.74. The fourth-order valence-electron chi connectivity index (χ4n) is 2.71. The van der Waals surface area contributed by atoms with Crippen LogP contribution >= 0.6 is 0 Å². The molecule has 2 N–H and O–H groups in total. The van der Waals surface area contributed by atoms with Gasteiger partial charge in [-0.2, -0.15) is 4.52 Å². The standard InChI is InChI=1S/C18H20N6O2/c1-12(25)20-14-3-2-4-15(11-14)26-10-9-19-16-7-8-17-21-22-18(13-5-6-13)24(17)23-16/h2-4,7-8,11,13H,5-6,9-10H2,1H3,(H,19,23)(H,20,25). The van der Waals surface area contributed by atoms with Crippen molar-refractivity contribution in [2.45, 2.75) is 25.7 Å². The molecule has 0 saturated heterocycles. The molecular weight excluding hydrogens is 332 g/mol. The van der Waals surface area contributed by atoms with Crippen molar-refractivity contribution < 1.29 is 9.53 Å². The molecule has 0 spiro atoms. The lowest BCUT2D eigenvalue weighted by atomic mass is 10.3. The van der Waals surface area contributed by atoms with Crippen LogP contribution < -0.4 is 15.4 Å². The first-order valence-electron chi connectivity index (χ1n) is 8.66. The van der Waals surface area contributed by atoms with E-state index in [4.69, 9.17) is 4.74 Å². The third-order valence-corrected chi connectivity index (χ3v) is 4.06. The Morgan fingerprint density at radius 3 is 2.96 bits per heavy atom. The first-order chi connectivity index (χ1) is 12.7. The summed E-state index contributed by atoms with van der Waals surface area (Å²) in [5.74, 6) is 2.79. The first-order valence-corrected chi connectivity index (χ1v) is 8.66. The van der Waals surface area contributed by atoms with Crippen LogP contribution in [0.4, 0.5) is 11.5 Å². The van der Waals surface area contributed by atoms with Crippen LogP contribution in [-0.4, -0.2) is 38.9 Å². The highest BCUT2D eigenvalue weighted by atomic mass is 16.5. The van der Waals surface area contributed by atoms with Crippen LogP contribution in [0.1, 0.15) is 31.5 Å². The SMILES string of the molecule is CC(=O)Nc1cccc(OCCNc2ccc3nnc(C4CC4)n3n2)c1. The molecule has 0 atom stereocenters. The van der Waals surface area contributed by atoms with Gasteiger partial charge in [0.05, 0.1) is 6.54 Å². The second kappa shape index (κ2) is 6.99. The second-order valence-corrected chi connectivity index (χ2v) is 6.31. The molecule has 2 aromatic heterocycles. The molecule has 26 heavy (non-hydrogen) atoms. The summed E-state index contributed by atoms with van der Waals surface area (Å²) in [7, 11) is 0. The van der Waals surface area contributed by atoms with E-state index in [0.717, 1.165) is 35.8 Å². The number of benzene rings is 1. The average Bonchev–Trinajstić information content (AvgIpc) is 3.38. The van der Waals surface area contributed by atoms with Gasteiger partial charge in [0.15, 0.2) is 11.5 Å². The van der Waals surface area contributed by atoms with Gasteiger partial charge >= 0.3 is 0 Å². The Hall–Kier alpha value is -3.16. The van der Waals surface area contributed by atoms with Crippen molar-refractivity contribution in [2.75, 3.05) is 23.8 Å². The van der Waals surface area contributed by atoms with Crippen molar-refractivity contribution >= 4 is 23.1 Å². The van der Waals surface area contributed by atoms with E-state index in [0.29, 0.717) is 24.8 Å². The van der Waals surface area contributed by atoms with Gasteiger partial charge in [0.1, 0.15) is 18.2 Å². The maximum Gasteiger partial charge on any atom is 0.221 e. The topological polar surface area (TPSA) is 93.4 Å². The molecule has 4 rings (SSSR count). The molecule has 8 heteroatoms. The Morgan fingerprint density at radius 2 is 2.15 bits per heavy atom. The minimum absolute atomic E-state index is 0.107. The Labute approximate surface area is 150 Å². The monoisotopic (exact) mass is 352 g/mol. The van der Waals surface area contributed by atoms with Crippen molar-refractivity contribution in [1.82, 2.24) is 19.8 Å². The molecule has 8 nitrogen and oxygen atoms in total. The van der Waals surface area contributed by atoms with Crippen LogP contribution in [0, 0.1) is 0 Å². The van der Waals surface area contributed by atoms with E-state index in [1.807, 2.05) is 34.8 Å².